The van der Waals surface area contributed by atoms with E-state index in [-0.39, 0.29) is 23.6 Å². The summed E-state index contributed by atoms with van der Waals surface area (Å²) in [6.45, 7) is 6.71. The molecule has 0 fully saturated rings. The molecule has 2 aliphatic rings. The van der Waals surface area contributed by atoms with E-state index in [1.807, 2.05) is 17.4 Å². The molecule has 2 heterocycles. The van der Waals surface area contributed by atoms with Crippen molar-refractivity contribution in [2.45, 2.75) is 52.9 Å². The summed E-state index contributed by atoms with van der Waals surface area (Å²) < 4.78 is 0. The number of carbonyl (C=O) groups is 1. The SMILES string of the molecule is CC1CCc2c(sc3nc4c(c(-c5ccccc5)c23)C(=O)CC(C)(C)C4)C1.Cl. The molecule has 2 aliphatic carbocycles. The molecular weight excluding hydrogens is 386 g/mol. The van der Waals surface area contributed by atoms with Crippen LogP contribution in [0.3, 0.4) is 0 Å². The molecule has 28 heavy (non-hydrogen) atoms. The number of ketones is 1. The van der Waals surface area contributed by atoms with Crippen LogP contribution < -0.4 is 0 Å². The summed E-state index contributed by atoms with van der Waals surface area (Å²) in [5.74, 6) is 1.000. The van der Waals surface area contributed by atoms with Crippen LogP contribution in [0.4, 0.5) is 0 Å². The first-order valence-corrected chi connectivity index (χ1v) is 10.8. The van der Waals surface area contributed by atoms with Gasteiger partial charge in [0.1, 0.15) is 4.83 Å². The lowest BCUT2D eigenvalue weighted by Crippen LogP contribution is -2.28. The fourth-order valence-electron chi connectivity index (χ4n) is 4.88. The maximum atomic E-state index is 13.2. The molecule has 2 nitrogen and oxygen atoms in total. The fourth-order valence-corrected chi connectivity index (χ4v) is 6.29. The van der Waals surface area contributed by atoms with Gasteiger partial charge < -0.3 is 0 Å². The number of benzene rings is 1. The number of carbonyl (C=O) groups excluding carboxylic acids is 1. The number of halogens is 1. The number of aryl methyl sites for hydroxylation is 1. The normalized spacial score (nSPS) is 20.4. The summed E-state index contributed by atoms with van der Waals surface area (Å²) in [5, 5.41) is 1.26. The number of hydrogen-bond donors (Lipinski definition) is 0. The van der Waals surface area contributed by atoms with Gasteiger partial charge in [-0.05, 0) is 48.1 Å². The van der Waals surface area contributed by atoms with Crippen molar-refractivity contribution in [2.75, 3.05) is 0 Å². The number of pyridine rings is 1. The molecule has 1 atom stereocenters. The second-order valence-corrected chi connectivity index (χ2v) is 10.2. The minimum Gasteiger partial charge on any atom is -0.294 e. The molecule has 146 valence electrons. The fraction of sp³-hybridized carbons (Fsp3) is 0.417. The molecule has 4 heteroatoms. The van der Waals surface area contributed by atoms with Gasteiger partial charge >= 0.3 is 0 Å². The van der Waals surface area contributed by atoms with Gasteiger partial charge in [0.05, 0.1) is 5.69 Å². The lowest BCUT2D eigenvalue weighted by Gasteiger charge is -2.31. The minimum absolute atomic E-state index is 0. The molecule has 1 unspecified atom stereocenters. The Morgan fingerprint density at radius 1 is 1.11 bits per heavy atom. The van der Waals surface area contributed by atoms with Gasteiger partial charge in [-0.3, -0.25) is 4.79 Å². The van der Waals surface area contributed by atoms with E-state index in [4.69, 9.17) is 4.98 Å². The number of fused-ring (bicyclic) bond motifs is 4. The molecule has 3 aromatic rings. The summed E-state index contributed by atoms with van der Waals surface area (Å²) in [6, 6.07) is 10.5. The second-order valence-electron chi connectivity index (χ2n) is 9.15. The van der Waals surface area contributed by atoms with Gasteiger partial charge in [-0.25, -0.2) is 4.98 Å². The van der Waals surface area contributed by atoms with Crippen LogP contribution in [0.5, 0.6) is 0 Å². The molecule has 1 aromatic carbocycles. The Kier molecular flexibility index (Phi) is 4.87. The monoisotopic (exact) mass is 411 g/mol. The number of thiophene rings is 1. The summed E-state index contributed by atoms with van der Waals surface area (Å²) in [6.07, 6.45) is 4.97. The van der Waals surface area contributed by atoms with Crippen molar-refractivity contribution >= 4 is 39.7 Å². The molecule has 0 radical (unpaired) electrons. The summed E-state index contributed by atoms with van der Waals surface area (Å²) in [7, 11) is 0. The van der Waals surface area contributed by atoms with Crippen LogP contribution in [-0.4, -0.2) is 10.8 Å². The topological polar surface area (TPSA) is 30.0 Å². The van der Waals surface area contributed by atoms with Crippen molar-refractivity contribution in [3.8, 4) is 11.1 Å². The molecule has 0 amide bonds. The average molecular weight is 412 g/mol. The van der Waals surface area contributed by atoms with Gasteiger partial charge in [-0.1, -0.05) is 51.1 Å². The highest BCUT2D eigenvalue weighted by molar-refractivity contribution is 7.19. The number of nitrogens with zero attached hydrogens (tertiary/aromatic N) is 1. The van der Waals surface area contributed by atoms with Crippen LogP contribution in [0.1, 0.15) is 60.1 Å². The third-order valence-corrected chi connectivity index (χ3v) is 7.29. The number of Topliss-reactive ketones (excluding diaryl/α,β-unsaturated/α-hetero) is 1. The Bertz CT molecular complexity index is 1070. The average Bonchev–Trinajstić information content (AvgIpc) is 2.96. The Morgan fingerprint density at radius 2 is 1.86 bits per heavy atom. The van der Waals surface area contributed by atoms with Gasteiger partial charge in [0, 0.05) is 27.8 Å². The molecule has 0 bridgehead atoms. The Hall–Kier alpha value is -1.71. The van der Waals surface area contributed by atoms with Crippen molar-refractivity contribution in [1.29, 1.82) is 0 Å². The van der Waals surface area contributed by atoms with Crippen molar-refractivity contribution in [1.82, 2.24) is 4.98 Å². The molecular formula is C24H26ClNOS. The first kappa shape index (κ1) is 19.6. The van der Waals surface area contributed by atoms with E-state index in [2.05, 4.69) is 45.0 Å². The third kappa shape index (κ3) is 3.09. The summed E-state index contributed by atoms with van der Waals surface area (Å²) >= 11 is 1.86. The maximum absolute atomic E-state index is 13.2. The molecule has 0 spiro atoms. The first-order chi connectivity index (χ1) is 12.9. The molecule has 0 saturated carbocycles. The van der Waals surface area contributed by atoms with E-state index in [9.17, 15) is 4.79 Å². The number of rotatable bonds is 1. The lowest BCUT2D eigenvalue weighted by molar-refractivity contribution is 0.0911. The zero-order valence-electron chi connectivity index (χ0n) is 16.7. The smallest absolute Gasteiger partial charge is 0.165 e. The van der Waals surface area contributed by atoms with Crippen LogP contribution in [0.2, 0.25) is 0 Å². The Morgan fingerprint density at radius 3 is 2.61 bits per heavy atom. The first-order valence-electron chi connectivity index (χ1n) is 9.99. The molecule has 5 rings (SSSR count). The molecule has 0 saturated heterocycles. The molecule has 2 aromatic heterocycles. The van der Waals surface area contributed by atoms with Gasteiger partial charge in [-0.2, -0.15) is 0 Å². The van der Waals surface area contributed by atoms with Crippen LogP contribution >= 0.6 is 23.7 Å². The van der Waals surface area contributed by atoms with Crippen LogP contribution in [-0.2, 0) is 19.3 Å². The van der Waals surface area contributed by atoms with Crippen molar-refractivity contribution in [3.63, 3.8) is 0 Å². The highest BCUT2D eigenvalue weighted by atomic mass is 35.5. The van der Waals surface area contributed by atoms with E-state index in [0.29, 0.717) is 6.42 Å². The van der Waals surface area contributed by atoms with Gasteiger partial charge in [0.15, 0.2) is 5.78 Å². The van der Waals surface area contributed by atoms with Gasteiger partial charge in [0.25, 0.3) is 0 Å². The van der Waals surface area contributed by atoms with Crippen LogP contribution in [0.25, 0.3) is 21.3 Å². The van der Waals surface area contributed by atoms with Gasteiger partial charge in [0.2, 0.25) is 0 Å². The van der Waals surface area contributed by atoms with E-state index >= 15 is 0 Å². The predicted octanol–water partition coefficient (Wildman–Crippen LogP) is 6.67. The third-order valence-electron chi connectivity index (χ3n) is 6.14. The van der Waals surface area contributed by atoms with Crippen molar-refractivity contribution < 1.29 is 4.79 Å². The van der Waals surface area contributed by atoms with Gasteiger partial charge in [-0.15, -0.1) is 23.7 Å². The zero-order chi connectivity index (χ0) is 18.8. The number of aromatic nitrogens is 1. The van der Waals surface area contributed by atoms with E-state index in [1.165, 1.54) is 22.2 Å². The maximum Gasteiger partial charge on any atom is 0.165 e. The molecule has 0 aliphatic heterocycles. The Labute approximate surface area is 176 Å². The zero-order valence-corrected chi connectivity index (χ0v) is 18.3. The van der Waals surface area contributed by atoms with Crippen LogP contribution in [0.15, 0.2) is 30.3 Å². The predicted molar refractivity (Wildman–Crippen MR) is 120 cm³/mol. The largest absolute Gasteiger partial charge is 0.294 e. The standard InChI is InChI=1S/C24H25NOS.ClH/c1-14-9-10-16-19(11-14)27-23-21(16)20(15-7-5-4-6-8-15)22-17(25-23)12-24(2,3)13-18(22)26;/h4-8,14H,9-13H2,1-3H3;1H. The second kappa shape index (κ2) is 6.96. The van der Waals surface area contributed by atoms with Crippen LogP contribution in [0, 0.1) is 11.3 Å². The molecule has 0 N–H and O–H groups in total. The summed E-state index contributed by atoms with van der Waals surface area (Å²) in [4.78, 5) is 20.9. The quantitative estimate of drug-likeness (QED) is 0.447. The van der Waals surface area contributed by atoms with E-state index in [0.717, 1.165) is 52.4 Å². The number of hydrogen-bond acceptors (Lipinski definition) is 3. The van der Waals surface area contributed by atoms with Crippen molar-refractivity contribution in [3.05, 3.63) is 52.0 Å². The lowest BCUT2D eigenvalue weighted by atomic mass is 9.73. The summed E-state index contributed by atoms with van der Waals surface area (Å²) in [5.41, 5.74) is 5.67. The highest BCUT2D eigenvalue weighted by Gasteiger charge is 2.36. The van der Waals surface area contributed by atoms with E-state index < -0.39 is 0 Å². The Balaban J connectivity index is 0.00000192. The minimum atomic E-state index is -0.00981. The van der Waals surface area contributed by atoms with Crippen molar-refractivity contribution in [2.24, 2.45) is 11.3 Å². The highest BCUT2D eigenvalue weighted by Crippen LogP contribution is 2.47. The van der Waals surface area contributed by atoms with E-state index in [1.54, 1.807) is 0 Å².